The van der Waals surface area contributed by atoms with Crippen molar-refractivity contribution in [2.24, 2.45) is 11.8 Å². The molecule has 0 rings (SSSR count). The van der Waals surface area contributed by atoms with Crippen molar-refractivity contribution in [3.05, 3.63) is 25.3 Å². The van der Waals surface area contributed by atoms with E-state index in [0.29, 0.717) is 0 Å². The van der Waals surface area contributed by atoms with Gasteiger partial charge in [0.05, 0.1) is 23.4 Å². The van der Waals surface area contributed by atoms with Gasteiger partial charge < -0.3 is 14.9 Å². The van der Waals surface area contributed by atoms with Crippen molar-refractivity contribution in [1.82, 2.24) is 0 Å². The van der Waals surface area contributed by atoms with Gasteiger partial charge in [-0.25, -0.2) is 0 Å². The van der Waals surface area contributed by atoms with E-state index in [0.717, 1.165) is 64.2 Å². The highest BCUT2D eigenvalue weighted by Gasteiger charge is 2.35. The predicted octanol–water partition coefficient (Wildman–Crippen LogP) is 9.17. The number of aliphatic hydroxyl groups is 2. The molecule has 0 fully saturated rings. The summed E-state index contributed by atoms with van der Waals surface area (Å²) in [5.74, 6) is 0.505. The van der Waals surface area contributed by atoms with E-state index >= 15 is 0 Å². The Labute approximate surface area is 219 Å². The molecule has 208 valence electrons. The summed E-state index contributed by atoms with van der Waals surface area (Å²) in [7, 11) is 0. The third kappa shape index (κ3) is 17.5. The largest absolute Gasteiger partial charge is 0.393 e. The first-order valence-electron chi connectivity index (χ1n) is 14.8. The van der Waals surface area contributed by atoms with Gasteiger partial charge in [0, 0.05) is 0 Å². The standard InChI is InChI=1S/C32H62O3/c1-9-13-15-17-19-21-23-29(33)27(11-3)25-31(5,6)35-32(7,8)26-28(12-4)30(34)24-22-20-18-16-14-10-2/h9-10,27-30,33-34H,1-2,11-26H2,3-8H3. The van der Waals surface area contributed by atoms with Crippen LogP contribution < -0.4 is 0 Å². The molecule has 0 aromatic heterocycles. The molecule has 0 aliphatic heterocycles. The first-order chi connectivity index (χ1) is 16.5. The van der Waals surface area contributed by atoms with Crippen molar-refractivity contribution < 1.29 is 14.9 Å². The molecule has 0 spiro atoms. The molecule has 0 aliphatic rings. The van der Waals surface area contributed by atoms with Crippen LogP contribution in [0.2, 0.25) is 0 Å². The molecule has 0 bridgehead atoms. The van der Waals surface area contributed by atoms with Gasteiger partial charge in [0.1, 0.15) is 0 Å². The van der Waals surface area contributed by atoms with Gasteiger partial charge in [-0.15, -0.1) is 13.2 Å². The van der Waals surface area contributed by atoms with Crippen molar-refractivity contribution in [1.29, 1.82) is 0 Å². The Hall–Kier alpha value is -0.640. The summed E-state index contributed by atoms with van der Waals surface area (Å²) in [5, 5.41) is 21.7. The lowest BCUT2D eigenvalue weighted by atomic mass is 9.83. The number of aliphatic hydroxyl groups excluding tert-OH is 2. The molecule has 0 aromatic rings. The molecule has 3 heteroatoms. The average molecular weight is 495 g/mol. The summed E-state index contributed by atoms with van der Waals surface area (Å²) < 4.78 is 6.69. The van der Waals surface area contributed by atoms with E-state index in [1.807, 2.05) is 12.2 Å². The van der Waals surface area contributed by atoms with Gasteiger partial charge in [0.25, 0.3) is 0 Å². The molecule has 4 atom stereocenters. The molecule has 35 heavy (non-hydrogen) atoms. The van der Waals surface area contributed by atoms with E-state index < -0.39 is 0 Å². The van der Waals surface area contributed by atoms with Crippen LogP contribution in [0.15, 0.2) is 25.3 Å². The van der Waals surface area contributed by atoms with E-state index in [1.165, 1.54) is 38.5 Å². The molecule has 0 aliphatic carbocycles. The summed E-state index contributed by atoms with van der Waals surface area (Å²) in [6, 6.07) is 0. The van der Waals surface area contributed by atoms with Gasteiger partial charge in [-0.2, -0.15) is 0 Å². The minimum absolute atomic E-state index is 0.252. The summed E-state index contributed by atoms with van der Waals surface area (Å²) >= 11 is 0. The minimum Gasteiger partial charge on any atom is -0.393 e. The summed E-state index contributed by atoms with van der Waals surface area (Å²) in [6.45, 7) is 20.6. The number of ether oxygens (including phenoxy) is 1. The molecular weight excluding hydrogens is 432 g/mol. The number of hydrogen-bond acceptors (Lipinski definition) is 3. The Morgan fingerprint density at radius 3 is 1.29 bits per heavy atom. The zero-order valence-corrected chi connectivity index (χ0v) is 24.5. The molecule has 0 amide bonds. The molecule has 0 saturated heterocycles. The quantitative estimate of drug-likeness (QED) is 0.104. The van der Waals surface area contributed by atoms with Gasteiger partial charge >= 0.3 is 0 Å². The van der Waals surface area contributed by atoms with E-state index in [9.17, 15) is 10.2 Å². The average Bonchev–Trinajstić information content (AvgIpc) is 2.79. The highest BCUT2D eigenvalue weighted by atomic mass is 16.5. The lowest BCUT2D eigenvalue weighted by molar-refractivity contribution is -0.150. The Balaban J connectivity index is 4.65. The predicted molar refractivity (Wildman–Crippen MR) is 154 cm³/mol. The van der Waals surface area contributed by atoms with Crippen LogP contribution in [-0.2, 0) is 4.74 Å². The number of allylic oxidation sites excluding steroid dienone is 2. The maximum Gasteiger partial charge on any atom is 0.0637 e. The second kappa shape index (κ2) is 19.5. The molecule has 2 N–H and O–H groups in total. The summed E-state index contributed by atoms with van der Waals surface area (Å²) in [6.07, 6.45) is 20.4. The van der Waals surface area contributed by atoms with Crippen LogP contribution in [0.1, 0.15) is 144 Å². The highest BCUT2D eigenvalue weighted by molar-refractivity contribution is 4.85. The van der Waals surface area contributed by atoms with Crippen LogP contribution in [0.4, 0.5) is 0 Å². The number of rotatable bonds is 24. The van der Waals surface area contributed by atoms with Gasteiger partial charge in [-0.05, 0) is 90.9 Å². The first kappa shape index (κ1) is 34.4. The molecule has 3 nitrogen and oxygen atoms in total. The minimum atomic E-state index is -0.316. The Morgan fingerprint density at radius 2 is 0.971 bits per heavy atom. The number of hydrogen-bond donors (Lipinski definition) is 2. The van der Waals surface area contributed by atoms with Crippen LogP contribution >= 0.6 is 0 Å². The second-order valence-corrected chi connectivity index (χ2v) is 12.1. The maximum atomic E-state index is 10.9. The SMILES string of the molecule is C=CCCCCCCC(O)C(CC)CC(C)(C)OC(C)(C)CC(CC)C(O)CCCCCCC=C. The van der Waals surface area contributed by atoms with E-state index in [4.69, 9.17) is 4.74 Å². The lowest BCUT2D eigenvalue weighted by Crippen LogP contribution is -2.42. The van der Waals surface area contributed by atoms with Crippen LogP contribution in [0, 0.1) is 11.8 Å². The summed E-state index contributed by atoms with van der Waals surface area (Å²) in [5.41, 5.74) is -0.632. The van der Waals surface area contributed by atoms with E-state index in [-0.39, 0.29) is 35.2 Å². The zero-order valence-electron chi connectivity index (χ0n) is 24.5. The van der Waals surface area contributed by atoms with Crippen molar-refractivity contribution >= 4 is 0 Å². The van der Waals surface area contributed by atoms with Gasteiger partial charge in [0.15, 0.2) is 0 Å². The monoisotopic (exact) mass is 494 g/mol. The highest BCUT2D eigenvalue weighted by Crippen LogP contribution is 2.35. The van der Waals surface area contributed by atoms with Crippen LogP contribution in [0.5, 0.6) is 0 Å². The van der Waals surface area contributed by atoms with Crippen LogP contribution in [0.3, 0.4) is 0 Å². The van der Waals surface area contributed by atoms with Gasteiger partial charge in [-0.1, -0.05) is 77.4 Å². The fraction of sp³-hybridized carbons (Fsp3) is 0.875. The van der Waals surface area contributed by atoms with Crippen LogP contribution in [0.25, 0.3) is 0 Å². The molecule has 0 aromatic carbocycles. The molecule has 0 radical (unpaired) electrons. The van der Waals surface area contributed by atoms with E-state index in [1.54, 1.807) is 0 Å². The molecule has 0 saturated carbocycles. The van der Waals surface area contributed by atoms with Crippen molar-refractivity contribution in [3.63, 3.8) is 0 Å². The second-order valence-electron chi connectivity index (χ2n) is 12.1. The molecular formula is C32H62O3. The van der Waals surface area contributed by atoms with Gasteiger partial charge in [0.2, 0.25) is 0 Å². The zero-order chi connectivity index (χ0) is 26.7. The fourth-order valence-corrected chi connectivity index (χ4v) is 5.66. The molecule has 0 heterocycles. The van der Waals surface area contributed by atoms with Gasteiger partial charge in [-0.3, -0.25) is 0 Å². The Morgan fingerprint density at radius 1 is 0.629 bits per heavy atom. The van der Waals surface area contributed by atoms with Crippen molar-refractivity contribution in [3.8, 4) is 0 Å². The van der Waals surface area contributed by atoms with E-state index in [2.05, 4.69) is 54.7 Å². The lowest BCUT2D eigenvalue weighted by Gasteiger charge is -2.41. The molecule has 4 unspecified atom stereocenters. The van der Waals surface area contributed by atoms with Crippen LogP contribution in [-0.4, -0.2) is 33.6 Å². The van der Waals surface area contributed by atoms with Crippen molar-refractivity contribution in [2.75, 3.05) is 0 Å². The Bertz CT molecular complexity index is 479. The number of unbranched alkanes of at least 4 members (excludes halogenated alkanes) is 8. The van der Waals surface area contributed by atoms with Crippen molar-refractivity contribution in [2.45, 2.75) is 168 Å². The Kier molecular flexibility index (Phi) is 19.1. The third-order valence-corrected chi connectivity index (χ3v) is 7.51. The maximum absolute atomic E-state index is 10.9. The fourth-order valence-electron chi connectivity index (χ4n) is 5.66. The summed E-state index contributed by atoms with van der Waals surface area (Å²) in [4.78, 5) is 0. The normalized spacial score (nSPS) is 16.0. The smallest absolute Gasteiger partial charge is 0.0637 e. The topological polar surface area (TPSA) is 49.7 Å². The third-order valence-electron chi connectivity index (χ3n) is 7.51. The first-order valence-corrected chi connectivity index (χ1v) is 14.8.